The van der Waals surface area contributed by atoms with Gasteiger partial charge in [0.05, 0.1) is 11.4 Å². The molecule has 0 saturated heterocycles. The third kappa shape index (κ3) is 6.45. The molecule has 2 aromatic rings. The van der Waals surface area contributed by atoms with E-state index in [-0.39, 0.29) is 29.9 Å². The van der Waals surface area contributed by atoms with E-state index in [1.54, 1.807) is 24.3 Å². The highest BCUT2D eigenvalue weighted by atomic mass is 79.9. The Bertz CT molecular complexity index is 839. The third-order valence-corrected chi connectivity index (χ3v) is 6.67. The van der Waals surface area contributed by atoms with Gasteiger partial charge in [-0.3, -0.25) is 4.79 Å². The minimum Gasteiger partial charge on any atom is -0.353 e. The maximum absolute atomic E-state index is 13.1. The van der Waals surface area contributed by atoms with Gasteiger partial charge in [0.25, 0.3) is 0 Å². The van der Waals surface area contributed by atoms with E-state index in [9.17, 15) is 13.2 Å². The predicted octanol–water partition coefficient (Wildman–Crippen LogP) is 3.60. The topological polar surface area (TPSA) is 66.5 Å². The zero-order chi connectivity index (χ0) is 19.9. The fraction of sp³-hybridized carbons (Fsp3) is 0.350. The van der Waals surface area contributed by atoms with Gasteiger partial charge in [-0.1, -0.05) is 53.2 Å². The van der Waals surface area contributed by atoms with Crippen LogP contribution in [0.5, 0.6) is 0 Å². The molecule has 1 unspecified atom stereocenters. The summed E-state index contributed by atoms with van der Waals surface area (Å²) in [5.41, 5.74) is 1.02. The summed E-state index contributed by atoms with van der Waals surface area (Å²) in [6.45, 7) is 3.90. The summed E-state index contributed by atoms with van der Waals surface area (Å²) in [4.78, 5) is 12.5. The molecule has 0 aliphatic heterocycles. The fourth-order valence-electron chi connectivity index (χ4n) is 2.52. The van der Waals surface area contributed by atoms with Crippen molar-refractivity contribution >= 4 is 31.9 Å². The van der Waals surface area contributed by atoms with Crippen LogP contribution in [0.1, 0.15) is 25.8 Å². The molecule has 2 rings (SSSR count). The second-order valence-electron chi connectivity index (χ2n) is 6.40. The second kappa shape index (κ2) is 10.0. The van der Waals surface area contributed by atoms with Crippen molar-refractivity contribution in [2.45, 2.75) is 37.6 Å². The number of halogens is 1. The number of nitrogens with zero attached hydrogens (tertiary/aromatic N) is 1. The van der Waals surface area contributed by atoms with Gasteiger partial charge in [0.2, 0.25) is 15.9 Å². The molecule has 0 heterocycles. The van der Waals surface area contributed by atoms with Crippen molar-refractivity contribution in [3.8, 4) is 0 Å². The Morgan fingerprint density at radius 1 is 1.11 bits per heavy atom. The van der Waals surface area contributed by atoms with E-state index in [2.05, 4.69) is 21.2 Å². The first kappa shape index (κ1) is 21.6. The van der Waals surface area contributed by atoms with Crippen molar-refractivity contribution in [3.63, 3.8) is 0 Å². The van der Waals surface area contributed by atoms with Gasteiger partial charge in [0, 0.05) is 17.1 Å². The normalized spacial score (nSPS) is 12.7. The number of amides is 1. The number of benzene rings is 2. The van der Waals surface area contributed by atoms with Crippen LogP contribution < -0.4 is 5.32 Å². The van der Waals surface area contributed by atoms with E-state index >= 15 is 0 Å². The van der Waals surface area contributed by atoms with Crippen LogP contribution >= 0.6 is 15.9 Å². The SMILES string of the molecule is CCC(C)NC(=O)CN(CCc1ccccc1)S(=O)(=O)c1ccc(Br)cc1. The van der Waals surface area contributed by atoms with E-state index in [0.717, 1.165) is 16.5 Å². The molecule has 0 aliphatic carbocycles. The Morgan fingerprint density at radius 3 is 2.33 bits per heavy atom. The average molecular weight is 453 g/mol. The van der Waals surface area contributed by atoms with Crippen LogP contribution in [-0.2, 0) is 21.2 Å². The van der Waals surface area contributed by atoms with E-state index in [0.29, 0.717) is 6.42 Å². The molecular weight excluding hydrogens is 428 g/mol. The van der Waals surface area contributed by atoms with Crippen LogP contribution in [-0.4, -0.2) is 37.8 Å². The summed E-state index contributed by atoms with van der Waals surface area (Å²) < 4.78 is 28.2. The Morgan fingerprint density at radius 2 is 1.74 bits per heavy atom. The molecule has 0 bridgehead atoms. The molecule has 0 aromatic heterocycles. The molecule has 0 saturated carbocycles. The molecule has 146 valence electrons. The third-order valence-electron chi connectivity index (χ3n) is 4.28. The van der Waals surface area contributed by atoms with Crippen LogP contribution in [0.3, 0.4) is 0 Å². The maximum atomic E-state index is 13.1. The predicted molar refractivity (Wildman–Crippen MR) is 111 cm³/mol. The molecule has 1 atom stereocenters. The Labute approximate surface area is 170 Å². The Hall–Kier alpha value is -1.70. The Kier molecular flexibility index (Phi) is 8.01. The van der Waals surface area contributed by atoms with Crippen LogP contribution in [0.2, 0.25) is 0 Å². The molecular formula is C20H25BrN2O3S. The minimum atomic E-state index is -3.77. The summed E-state index contributed by atoms with van der Waals surface area (Å²) in [5, 5.41) is 2.84. The quantitative estimate of drug-likeness (QED) is 0.631. The number of carbonyl (C=O) groups excluding carboxylic acids is 1. The first-order chi connectivity index (χ1) is 12.8. The monoisotopic (exact) mass is 452 g/mol. The van der Waals surface area contributed by atoms with Crippen molar-refractivity contribution < 1.29 is 13.2 Å². The second-order valence-corrected chi connectivity index (χ2v) is 9.26. The largest absolute Gasteiger partial charge is 0.353 e. The lowest BCUT2D eigenvalue weighted by atomic mass is 10.1. The summed E-state index contributed by atoms with van der Waals surface area (Å²) in [5.74, 6) is -0.293. The maximum Gasteiger partial charge on any atom is 0.243 e. The van der Waals surface area contributed by atoms with E-state index in [4.69, 9.17) is 0 Å². The summed E-state index contributed by atoms with van der Waals surface area (Å²) >= 11 is 3.31. The van der Waals surface area contributed by atoms with Gasteiger partial charge >= 0.3 is 0 Å². The molecule has 1 N–H and O–H groups in total. The molecule has 7 heteroatoms. The highest BCUT2D eigenvalue weighted by molar-refractivity contribution is 9.10. The molecule has 2 aromatic carbocycles. The molecule has 0 spiro atoms. The lowest BCUT2D eigenvalue weighted by Gasteiger charge is -2.23. The zero-order valence-corrected chi connectivity index (χ0v) is 18.0. The molecule has 0 aliphatic rings. The number of hydrogen-bond donors (Lipinski definition) is 1. The van der Waals surface area contributed by atoms with Crippen LogP contribution in [0.4, 0.5) is 0 Å². The van der Waals surface area contributed by atoms with Gasteiger partial charge in [0.1, 0.15) is 0 Å². The number of nitrogens with one attached hydrogen (secondary N) is 1. The molecule has 0 fully saturated rings. The Balaban J connectivity index is 2.21. The summed E-state index contributed by atoms with van der Waals surface area (Å²) in [6, 6.07) is 16.1. The van der Waals surface area contributed by atoms with Crippen molar-refractivity contribution in [2.75, 3.05) is 13.1 Å². The molecule has 5 nitrogen and oxygen atoms in total. The lowest BCUT2D eigenvalue weighted by Crippen LogP contribution is -2.44. The highest BCUT2D eigenvalue weighted by Gasteiger charge is 2.26. The van der Waals surface area contributed by atoms with Crippen molar-refractivity contribution in [2.24, 2.45) is 0 Å². The van der Waals surface area contributed by atoms with Crippen LogP contribution in [0.25, 0.3) is 0 Å². The number of carbonyl (C=O) groups is 1. The first-order valence-electron chi connectivity index (χ1n) is 8.92. The molecule has 1 amide bonds. The van der Waals surface area contributed by atoms with E-state index in [1.165, 1.54) is 4.31 Å². The highest BCUT2D eigenvalue weighted by Crippen LogP contribution is 2.19. The summed E-state index contributed by atoms with van der Waals surface area (Å²) in [6.07, 6.45) is 1.32. The van der Waals surface area contributed by atoms with Crippen molar-refractivity contribution in [1.82, 2.24) is 9.62 Å². The molecule has 0 radical (unpaired) electrons. The standard InChI is InChI=1S/C20H25BrN2O3S/c1-3-16(2)22-20(24)15-23(14-13-17-7-5-4-6-8-17)27(25,26)19-11-9-18(21)10-12-19/h4-12,16H,3,13-15H2,1-2H3,(H,22,24). The number of hydrogen-bond acceptors (Lipinski definition) is 3. The van der Waals surface area contributed by atoms with Gasteiger partial charge in [-0.2, -0.15) is 4.31 Å². The first-order valence-corrected chi connectivity index (χ1v) is 11.1. The molecule has 27 heavy (non-hydrogen) atoms. The minimum absolute atomic E-state index is 0.00357. The lowest BCUT2D eigenvalue weighted by molar-refractivity contribution is -0.121. The number of sulfonamides is 1. The van der Waals surface area contributed by atoms with Crippen LogP contribution in [0, 0.1) is 0 Å². The van der Waals surface area contributed by atoms with Crippen molar-refractivity contribution in [1.29, 1.82) is 0 Å². The fourth-order valence-corrected chi connectivity index (χ4v) is 4.18. The zero-order valence-electron chi connectivity index (χ0n) is 15.6. The van der Waals surface area contributed by atoms with Gasteiger partial charge < -0.3 is 5.32 Å². The average Bonchev–Trinajstić information content (AvgIpc) is 2.66. The van der Waals surface area contributed by atoms with Crippen LogP contribution in [0.15, 0.2) is 64.0 Å². The summed E-state index contributed by atoms with van der Waals surface area (Å²) in [7, 11) is -3.77. The number of rotatable bonds is 9. The van der Waals surface area contributed by atoms with Gasteiger partial charge in [-0.05, 0) is 49.6 Å². The van der Waals surface area contributed by atoms with Gasteiger partial charge in [-0.15, -0.1) is 0 Å². The van der Waals surface area contributed by atoms with E-state index < -0.39 is 10.0 Å². The smallest absolute Gasteiger partial charge is 0.243 e. The van der Waals surface area contributed by atoms with Gasteiger partial charge in [-0.25, -0.2) is 8.42 Å². The van der Waals surface area contributed by atoms with Gasteiger partial charge in [0.15, 0.2) is 0 Å². The van der Waals surface area contributed by atoms with Crippen molar-refractivity contribution in [3.05, 3.63) is 64.6 Å². The van der Waals surface area contributed by atoms with E-state index in [1.807, 2.05) is 44.2 Å².